The maximum absolute atomic E-state index is 10.6. The minimum atomic E-state index is -0.407. The minimum Gasteiger partial charge on any atom is -0.367 e. The topological polar surface area (TPSA) is 68.1 Å². The second-order valence-electron chi connectivity index (χ2n) is 3.83. The molecule has 0 radical (unpaired) electrons. The van der Waals surface area contributed by atoms with E-state index in [1.807, 2.05) is 0 Å². The maximum Gasteiger partial charge on any atom is 0.290 e. The molecular weight excluding hydrogens is 194 g/mol. The summed E-state index contributed by atoms with van der Waals surface area (Å²) in [6, 6.07) is 3.67. The molecule has 1 aliphatic carbocycles. The lowest BCUT2D eigenvalue weighted by atomic mass is 9.93. The Morgan fingerprint density at radius 2 is 2.27 bits per heavy atom. The van der Waals surface area contributed by atoms with Crippen LogP contribution in [0.5, 0.6) is 0 Å². The Labute approximate surface area is 87.7 Å². The number of aromatic nitrogens is 1. The number of nitro groups is 1. The minimum absolute atomic E-state index is 0.0779. The van der Waals surface area contributed by atoms with E-state index in [2.05, 4.69) is 10.3 Å². The zero-order valence-electron chi connectivity index (χ0n) is 8.56. The number of hydrogen-bond acceptors (Lipinski definition) is 4. The van der Waals surface area contributed by atoms with Gasteiger partial charge in [0.15, 0.2) is 0 Å². The normalized spacial score (nSPS) is 15.8. The monoisotopic (exact) mass is 207 g/mol. The van der Waals surface area contributed by atoms with E-state index in [9.17, 15) is 10.1 Å². The molecule has 1 N–H and O–H groups in total. The average molecular weight is 207 g/mol. The first-order chi connectivity index (χ1) is 7.16. The molecule has 1 heterocycles. The number of nitrogens with zero attached hydrogens (tertiary/aromatic N) is 2. The van der Waals surface area contributed by atoms with Gasteiger partial charge in [0, 0.05) is 12.1 Å². The molecule has 0 aliphatic heterocycles. The molecule has 2 rings (SSSR count). The van der Waals surface area contributed by atoms with Gasteiger partial charge in [-0.2, -0.15) is 0 Å². The number of anilines is 1. The Hall–Kier alpha value is -1.65. The molecule has 1 fully saturated rings. The van der Waals surface area contributed by atoms with Crippen molar-refractivity contribution in [3.05, 3.63) is 27.9 Å². The first-order valence-corrected chi connectivity index (χ1v) is 5.05. The van der Waals surface area contributed by atoms with Crippen molar-refractivity contribution < 1.29 is 4.92 Å². The SMILES string of the molecule is Cc1nc(NC2CCC2)ccc1[N+](=O)[O-]. The third-order valence-corrected chi connectivity index (χ3v) is 2.71. The molecule has 80 valence electrons. The van der Waals surface area contributed by atoms with Gasteiger partial charge in [-0.3, -0.25) is 10.1 Å². The Morgan fingerprint density at radius 3 is 2.73 bits per heavy atom. The number of hydrogen-bond donors (Lipinski definition) is 1. The molecule has 1 saturated carbocycles. The molecular formula is C10H13N3O2. The van der Waals surface area contributed by atoms with Crippen LogP contribution in [-0.4, -0.2) is 15.9 Å². The number of rotatable bonds is 3. The lowest BCUT2D eigenvalue weighted by molar-refractivity contribution is -0.385. The molecule has 0 spiro atoms. The van der Waals surface area contributed by atoms with Gasteiger partial charge < -0.3 is 5.32 Å². The van der Waals surface area contributed by atoms with Crippen LogP contribution >= 0.6 is 0 Å². The zero-order valence-corrected chi connectivity index (χ0v) is 8.56. The summed E-state index contributed by atoms with van der Waals surface area (Å²) in [5, 5.41) is 13.8. The molecule has 1 aromatic rings. The van der Waals surface area contributed by atoms with Crippen molar-refractivity contribution in [2.75, 3.05) is 5.32 Å². The van der Waals surface area contributed by atoms with Gasteiger partial charge in [0.25, 0.3) is 5.69 Å². The fraction of sp³-hybridized carbons (Fsp3) is 0.500. The Balaban J connectivity index is 2.13. The standard InChI is InChI=1S/C10H13N3O2/c1-7-9(13(14)15)5-6-10(11-7)12-8-3-2-4-8/h5-6,8H,2-4H2,1H3,(H,11,12). The fourth-order valence-corrected chi connectivity index (χ4v) is 1.59. The Kier molecular flexibility index (Phi) is 2.53. The first-order valence-electron chi connectivity index (χ1n) is 5.05. The summed E-state index contributed by atoms with van der Waals surface area (Å²) in [5.74, 6) is 0.739. The van der Waals surface area contributed by atoms with Crippen LogP contribution in [0.1, 0.15) is 25.0 Å². The molecule has 0 unspecified atom stereocenters. The summed E-state index contributed by atoms with van der Waals surface area (Å²) in [7, 11) is 0. The van der Waals surface area contributed by atoms with Crippen molar-refractivity contribution in [2.45, 2.75) is 32.2 Å². The molecule has 5 heteroatoms. The van der Waals surface area contributed by atoms with E-state index in [0.29, 0.717) is 11.7 Å². The van der Waals surface area contributed by atoms with Gasteiger partial charge in [0.2, 0.25) is 0 Å². The van der Waals surface area contributed by atoms with E-state index >= 15 is 0 Å². The third-order valence-electron chi connectivity index (χ3n) is 2.71. The van der Waals surface area contributed by atoms with Crippen molar-refractivity contribution in [2.24, 2.45) is 0 Å². The Morgan fingerprint density at radius 1 is 1.53 bits per heavy atom. The maximum atomic E-state index is 10.6. The fourth-order valence-electron chi connectivity index (χ4n) is 1.59. The summed E-state index contributed by atoms with van der Waals surface area (Å²) in [6.45, 7) is 1.66. The largest absolute Gasteiger partial charge is 0.367 e. The van der Waals surface area contributed by atoms with Gasteiger partial charge in [-0.25, -0.2) is 4.98 Å². The van der Waals surface area contributed by atoms with Crippen molar-refractivity contribution in [3.8, 4) is 0 Å². The number of pyridine rings is 1. The average Bonchev–Trinajstić information content (AvgIpc) is 2.11. The van der Waals surface area contributed by atoms with Crippen LogP contribution in [0.4, 0.5) is 11.5 Å². The number of nitrogens with one attached hydrogen (secondary N) is 1. The van der Waals surface area contributed by atoms with Crippen LogP contribution < -0.4 is 5.32 Å². The van der Waals surface area contributed by atoms with Crippen molar-refractivity contribution >= 4 is 11.5 Å². The van der Waals surface area contributed by atoms with Crippen molar-refractivity contribution in [3.63, 3.8) is 0 Å². The van der Waals surface area contributed by atoms with Gasteiger partial charge in [-0.15, -0.1) is 0 Å². The molecule has 0 amide bonds. The highest BCUT2D eigenvalue weighted by atomic mass is 16.6. The van der Waals surface area contributed by atoms with Crippen LogP contribution in [-0.2, 0) is 0 Å². The molecule has 0 bridgehead atoms. The molecule has 0 saturated heterocycles. The molecule has 15 heavy (non-hydrogen) atoms. The number of aryl methyl sites for hydroxylation is 1. The van der Waals surface area contributed by atoms with E-state index in [0.717, 1.165) is 18.7 Å². The van der Waals surface area contributed by atoms with Gasteiger partial charge in [-0.05, 0) is 32.3 Å². The lowest BCUT2D eigenvalue weighted by Gasteiger charge is -2.26. The first kappa shape index (κ1) is 9.89. The summed E-state index contributed by atoms with van der Waals surface area (Å²) < 4.78 is 0. The molecule has 5 nitrogen and oxygen atoms in total. The molecule has 0 aromatic carbocycles. The predicted molar refractivity (Wildman–Crippen MR) is 56.9 cm³/mol. The van der Waals surface area contributed by atoms with Gasteiger partial charge >= 0.3 is 0 Å². The van der Waals surface area contributed by atoms with Crippen LogP contribution in [0.3, 0.4) is 0 Å². The highest BCUT2D eigenvalue weighted by molar-refractivity contribution is 5.45. The molecule has 0 atom stereocenters. The van der Waals surface area contributed by atoms with E-state index in [4.69, 9.17) is 0 Å². The smallest absolute Gasteiger partial charge is 0.290 e. The van der Waals surface area contributed by atoms with E-state index in [1.54, 1.807) is 13.0 Å². The highest BCUT2D eigenvalue weighted by Crippen LogP contribution is 2.24. The van der Waals surface area contributed by atoms with Gasteiger partial charge in [0.05, 0.1) is 4.92 Å². The molecule has 1 aromatic heterocycles. The van der Waals surface area contributed by atoms with Crippen LogP contribution in [0.15, 0.2) is 12.1 Å². The summed E-state index contributed by atoms with van der Waals surface area (Å²) in [5.41, 5.74) is 0.540. The van der Waals surface area contributed by atoms with Crippen molar-refractivity contribution in [1.29, 1.82) is 0 Å². The second kappa shape index (κ2) is 3.84. The lowest BCUT2D eigenvalue weighted by Crippen LogP contribution is -2.27. The quantitative estimate of drug-likeness (QED) is 0.609. The van der Waals surface area contributed by atoms with Gasteiger partial charge in [0.1, 0.15) is 11.5 Å². The van der Waals surface area contributed by atoms with Crippen LogP contribution in [0.25, 0.3) is 0 Å². The third kappa shape index (κ3) is 2.06. The van der Waals surface area contributed by atoms with Crippen LogP contribution in [0, 0.1) is 17.0 Å². The van der Waals surface area contributed by atoms with E-state index in [1.165, 1.54) is 12.5 Å². The van der Waals surface area contributed by atoms with E-state index in [-0.39, 0.29) is 5.69 Å². The van der Waals surface area contributed by atoms with E-state index < -0.39 is 4.92 Å². The zero-order chi connectivity index (χ0) is 10.8. The summed E-state index contributed by atoms with van der Waals surface area (Å²) in [6.07, 6.45) is 3.58. The highest BCUT2D eigenvalue weighted by Gasteiger charge is 2.18. The summed E-state index contributed by atoms with van der Waals surface area (Å²) >= 11 is 0. The summed E-state index contributed by atoms with van der Waals surface area (Å²) in [4.78, 5) is 14.3. The second-order valence-corrected chi connectivity index (χ2v) is 3.83. The van der Waals surface area contributed by atoms with Crippen molar-refractivity contribution in [1.82, 2.24) is 4.98 Å². The van der Waals surface area contributed by atoms with Gasteiger partial charge in [-0.1, -0.05) is 0 Å². The van der Waals surface area contributed by atoms with Crippen LogP contribution in [0.2, 0.25) is 0 Å². The Bertz CT molecular complexity index is 388. The predicted octanol–water partition coefficient (Wildman–Crippen LogP) is 2.26. The molecule has 1 aliphatic rings.